The summed E-state index contributed by atoms with van der Waals surface area (Å²) in [6.07, 6.45) is 1.09. The van der Waals surface area contributed by atoms with Gasteiger partial charge in [0, 0.05) is 49.1 Å². The van der Waals surface area contributed by atoms with Crippen molar-refractivity contribution in [2.24, 2.45) is 10.9 Å². The summed E-state index contributed by atoms with van der Waals surface area (Å²) in [5, 5.41) is 0. The van der Waals surface area contributed by atoms with Gasteiger partial charge in [0.2, 0.25) is 0 Å². The predicted molar refractivity (Wildman–Crippen MR) is 147 cm³/mol. The Labute approximate surface area is 218 Å². The van der Waals surface area contributed by atoms with Gasteiger partial charge in [-0.1, -0.05) is 72.8 Å². The molecular weight excluding hydrogens is 460 g/mol. The SMILES string of the molecule is CC1=NC2=C(C(=O)C[C@@H](c3ccccc3)C2)[C@H](c2ccc(N(C)C)cc2)C1C(=O)OCc1ccccc1. The van der Waals surface area contributed by atoms with Crippen molar-refractivity contribution in [1.82, 2.24) is 0 Å². The standard InChI is InChI=1S/C32H32N2O3/c1-21-29(32(36)37-20-22-10-6-4-7-11-22)30(24-14-16-26(17-15-24)34(2)3)31-27(33-21)18-25(19-28(31)35)23-12-8-5-9-13-23/h4-17,25,29-30H,18-20H2,1-3H3/t25-,29?,30+/m0/s1. The zero-order valence-corrected chi connectivity index (χ0v) is 21.6. The fraction of sp³-hybridized carbons (Fsp3) is 0.281. The molecule has 0 amide bonds. The second-order valence-electron chi connectivity index (χ2n) is 10.1. The van der Waals surface area contributed by atoms with Gasteiger partial charge in [0.05, 0.1) is 0 Å². The summed E-state index contributed by atoms with van der Waals surface area (Å²) >= 11 is 0. The molecule has 188 valence electrons. The van der Waals surface area contributed by atoms with Gasteiger partial charge in [-0.15, -0.1) is 0 Å². The Kier molecular flexibility index (Phi) is 7.04. The van der Waals surface area contributed by atoms with Crippen molar-refractivity contribution >= 4 is 23.2 Å². The molecule has 0 saturated heterocycles. The van der Waals surface area contributed by atoms with E-state index in [1.54, 1.807) is 0 Å². The van der Waals surface area contributed by atoms with E-state index in [1.165, 1.54) is 0 Å². The van der Waals surface area contributed by atoms with Gasteiger partial charge in [-0.2, -0.15) is 0 Å². The number of hydrogen-bond donors (Lipinski definition) is 0. The van der Waals surface area contributed by atoms with Crippen LogP contribution in [0.25, 0.3) is 0 Å². The maximum atomic E-state index is 13.7. The zero-order valence-electron chi connectivity index (χ0n) is 21.6. The number of esters is 1. The maximum absolute atomic E-state index is 13.7. The van der Waals surface area contributed by atoms with Crippen molar-refractivity contribution in [3.8, 4) is 0 Å². The molecule has 5 heteroatoms. The van der Waals surface area contributed by atoms with Gasteiger partial charge in [0.1, 0.15) is 12.5 Å². The van der Waals surface area contributed by atoms with Crippen LogP contribution in [0.2, 0.25) is 0 Å². The Morgan fingerprint density at radius 3 is 2.19 bits per heavy atom. The number of Topliss-reactive ketones (excluding diaryl/α,β-unsaturated/α-hetero) is 1. The van der Waals surface area contributed by atoms with Gasteiger partial charge in [-0.05, 0) is 48.1 Å². The van der Waals surface area contributed by atoms with Crippen LogP contribution < -0.4 is 4.90 Å². The van der Waals surface area contributed by atoms with Crippen molar-refractivity contribution in [2.45, 2.75) is 38.2 Å². The van der Waals surface area contributed by atoms with Crippen LogP contribution in [0.4, 0.5) is 5.69 Å². The highest BCUT2D eigenvalue weighted by atomic mass is 16.5. The molecule has 1 unspecified atom stereocenters. The molecule has 0 N–H and O–H groups in total. The molecule has 37 heavy (non-hydrogen) atoms. The van der Waals surface area contributed by atoms with E-state index in [4.69, 9.17) is 9.73 Å². The fourth-order valence-electron chi connectivity index (χ4n) is 5.48. The van der Waals surface area contributed by atoms with E-state index in [2.05, 4.69) is 12.1 Å². The first-order valence-corrected chi connectivity index (χ1v) is 12.8. The van der Waals surface area contributed by atoms with Crippen LogP contribution in [0.5, 0.6) is 0 Å². The summed E-state index contributed by atoms with van der Waals surface area (Å²) < 4.78 is 5.80. The highest BCUT2D eigenvalue weighted by molar-refractivity contribution is 6.09. The summed E-state index contributed by atoms with van der Waals surface area (Å²) in [6, 6.07) is 27.9. The minimum atomic E-state index is -0.648. The highest BCUT2D eigenvalue weighted by Gasteiger charge is 2.44. The Hall–Kier alpha value is -3.99. The summed E-state index contributed by atoms with van der Waals surface area (Å²) in [7, 11) is 3.98. The van der Waals surface area contributed by atoms with E-state index < -0.39 is 11.8 Å². The number of aliphatic imine (C=N–C) groups is 1. The Balaban J connectivity index is 1.52. The first kappa shape index (κ1) is 24.7. The Morgan fingerprint density at radius 2 is 1.54 bits per heavy atom. The molecule has 0 fully saturated rings. The molecule has 2 aliphatic rings. The monoisotopic (exact) mass is 492 g/mol. The molecule has 1 aliphatic carbocycles. The largest absolute Gasteiger partial charge is 0.460 e. The second kappa shape index (κ2) is 10.6. The lowest BCUT2D eigenvalue weighted by atomic mass is 9.69. The summed E-state index contributed by atoms with van der Waals surface area (Å²) in [6.45, 7) is 2.07. The predicted octanol–water partition coefficient (Wildman–Crippen LogP) is 6.07. The third-order valence-electron chi connectivity index (χ3n) is 7.41. The molecule has 0 spiro atoms. The van der Waals surface area contributed by atoms with Crippen molar-refractivity contribution in [2.75, 3.05) is 19.0 Å². The quantitative estimate of drug-likeness (QED) is 0.392. The van der Waals surface area contributed by atoms with Crippen LogP contribution in [-0.4, -0.2) is 31.6 Å². The molecule has 0 radical (unpaired) electrons. The maximum Gasteiger partial charge on any atom is 0.315 e. The molecule has 5 nitrogen and oxygen atoms in total. The molecule has 1 heterocycles. The van der Waals surface area contributed by atoms with E-state index >= 15 is 0 Å². The van der Waals surface area contributed by atoms with Crippen LogP contribution in [-0.2, 0) is 20.9 Å². The van der Waals surface area contributed by atoms with Crippen LogP contribution in [0.3, 0.4) is 0 Å². The third kappa shape index (κ3) is 5.12. The number of ketones is 1. The molecule has 3 atom stereocenters. The zero-order chi connectivity index (χ0) is 25.9. The smallest absolute Gasteiger partial charge is 0.315 e. The number of benzene rings is 3. The first-order valence-electron chi connectivity index (χ1n) is 12.8. The first-order chi connectivity index (χ1) is 17.9. The van der Waals surface area contributed by atoms with Crippen LogP contribution >= 0.6 is 0 Å². The van der Waals surface area contributed by atoms with E-state index in [0.29, 0.717) is 24.1 Å². The second-order valence-corrected chi connectivity index (χ2v) is 10.1. The minimum Gasteiger partial charge on any atom is -0.460 e. The molecule has 0 saturated carbocycles. The van der Waals surface area contributed by atoms with Crippen molar-refractivity contribution in [3.05, 3.63) is 113 Å². The number of anilines is 1. The summed E-state index contributed by atoms with van der Waals surface area (Å²) in [4.78, 5) is 34.2. The number of carbonyl (C=O) groups excluding carboxylic acids is 2. The molecule has 3 aromatic carbocycles. The van der Waals surface area contributed by atoms with Crippen LogP contribution in [0.1, 0.15) is 48.3 Å². The highest BCUT2D eigenvalue weighted by Crippen LogP contribution is 2.47. The lowest BCUT2D eigenvalue weighted by Gasteiger charge is -2.36. The fourth-order valence-corrected chi connectivity index (χ4v) is 5.48. The molecule has 0 aromatic heterocycles. The van der Waals surface area contributed by atoms with Crippen molar-refractivity contribution in [3.63, 3.8) is 0 Å². The van der Waals surface area contributed by atoms with Crippen LogP contribution in [0, 0.1) is 5.92 Å². The lowest BCUT2D eigenvalue weighted by molar-refractivity contribution is -0.148. The number of hydrogen-bond acceptors (Lipinski definition) is 5. The minimum absolute atomic E-state index is 0.0638. The number of nitrogens with zero attached hydrogens (tertiary/aromatic N) is 2. The summed E-state index contributed by atoms with van der Waals surface area (Å²) in [5.41, 5.74) is 6.22. The topological polar surface area (TPSA) is 59.0 Å². The van der Waals surface area contributed by atoms with Gasteiger partial charge in [-0.25, -0.2) is 0 Å². The number of rotatable bonds is 6. The Bertz CT molecular complexity index is 1340. The van der Waals surface area contributed by atoms with Crippen molar-refractivity contribution < 1.29 is 14.3 Å². The third-order valence-corrected chi connectivity index (χ3v) is 7.41. The molecule has 1 aliphatic heterocycles. The molecule has 5 rings (SSSR count). The van der Waals surface area contributed by atoms with Gasteiger partial charge in [0.15, 0.2) is 5.78 Å². The number of carbonyl (C=O) groups is 2. The lowest BCUT2D eigenvalue weighted by Crippen LogP contribution is -2.38. The molecular formula is C32H32N2O3. The molecule has 3 aromatic rings. The average Bonchev–Trinajstić information content (AvgIpc) is 2.92. The van der Waals surface area contributed by atoms with E-state index in [-0.39, 0.29) is 24.3 Å². The van der Waals surface area contributed by atoms with E-state index in [9.17, 15) is 9.59 Å². The van der Waals surface area contributed by atoms with Gasteiger partial charge < -0.3 is 9.64 Å². The number of ether oxygens (including phenoxy) is 1. The van der Waals surface area contributed by atoms with Crippen molar-refractivity contribution in [1.29, 1.82) is 0 Å². The van der Waals surface area contributed by atoms with Crippen LogP contribution in [0.15, 0.2) is 101 Å². The summed E-state index contributed by atoms with van der Waals surface area (Å²) in [5.74, 6) is -1.27. The average molecular weight is 493 g/mol. The Morgan fingerprint density at radius 1 is 0.892 bits per heavy atom. The van der Waals surface area contributed by atoms with E-state index in [1.807, 2.05) is 98.7 Å². The normalized spacial score (nSPS) is 21.2. The molecule has 0 bridgehead atoms. The van der Waals surface area contributed by atoms with E-state index in [0.717, 1.165) is 28.1 Å². The van der Waals surface area contributed by atoms with Gasteiger partial charge in [-0.3, -0.25) is 14.6 Å². The van der Waals surface area contributed by atoms with Gasteiger partial charge >= 0.3 is 5.97 Å². The van der Waals surface area contributed by atoms with Gasteiger partial charge in [0.25, 0.3) is 0 Å². The number of allylic oxidation sites excluding steroid dienone is 2.